The topological polar surface area (TPSA) is 75.7 Å². The molecule has 0 saturated carbocycles. The number of carbonyl (C=O) groups is 1. The van der Waals surface area contributed by atoms with Crippen molar-refractivity contribution in [2.45, 2.75) is 43.6 Å². The lowest BCUT2D eigenvalue weighted by atomic mass is 10.1. The Morgan fingerprint density at radius 3 is 2.79 bits per heavy atom. The number of hydrogen-bond acceptors (Lipinski definition) is 4. The van der Waals surface area contributed by atoms with Gasteiger partial charge in [0.25, 0.3) is 15.9 Å². The number of fused-ring (bicyclic) bond motifs is 2. The van der Waals surface area contributed by atoms with Crippen LogP contribution in [0.5, 0.6) is 5.75 Å². The summed E-state index contributed by atoms with van der Waals surface area (Å²) in [6.07, 6.45) is 2.87. The third kappa shape index (κ3) is 3.35. The fourth-order valence-electron chi connectivity index (χ4n) is 3.76. The monoisotopic (exact) mass is 400 g/mol. The van der Waals surface area contributed by atoms with Crippen molar-refractivity contribution in [3.63, 3.8) is 0 Å². The number of rotatable bonds is 5. The third-order valence-corrected chi connectivity index (χ3v) is 7.01. The Hall–Kier alpha value is -2.54. The van der Waals surface area contributed by atoms with E-state index in [-0.39, 0.29) is 17.3 Å². The van der Waals surface area contributed by atoms with Crippen molar-refractivity contribution < 1.29 is 17.9 Å². The summed E-state index contributed by atoms with van der Waals surface area (Å²) in [7, 11) is -3.81. The molecular formula is C21H24N2O4S. The molecule has 1 N–H and O–H groups in total. The number of para-hydroxylation sites is 2. The number of hydrogen-bond donors (Lipinski definition) is 1. The number of nitrogens with zero attached hydrogens (tertiary/aromatic N) is 1. The minimum absolute atomic E-state index is 0.0496. The maximum absolute atomic E-state index is 13.5. The number of carbonyl (C=O) groups excluding carboxylic acids is 1. The summed E-state index contributed by atoms with van der Waals surface area (Å²) >= 11 is 0. The first-order valence-electron chi connectivity index (χ1n) is 9.68. The van der Waals surface area contributed by atoms with Gasteiger partial charge in [-0.05, 0) is 61.1 Å². The lowest BCUT2D eigenvalue weighted by molar-refractivity contribution is -0.127. The molecule has 6 nitrogen and oxygen atoms in total. The van der Waals surface area contributed by atoms with Gasteiger partial charge in [0.15, 0.2) is 6.10 Å². The lowest BCUT2D eigenvalue weighted by Gasteiger charge is -2.34. The molecule has 2 aromatic rings. The predicted octanol–water partition coefficient (Wildman–Crippen LogP) is 2.66. The second-order valence-electron chi connectivity index (χ2n) is 7.19. The van der Waals surface area contributed by atoms with Gasteiger partial charge in [0.05, 0.1) is 17.1 Å². The van der Waals surface area contributed by atoms with Crippen molar-refractivity contribution in [3.05, 3.63) is 53.6 Å². The first kappa shape index (κ1) is 18.8. The normalized spacial score (nSPS) is 18.2. The highest BCUT2D eigenvalue weighted by Gasteiger charge is 2.37. The Bertz CT molecular complexity index is 1000. The number of ether oxygens (including phenoxy) is 1. The molecule has 1 amide bonds. The van der Waals surface area contributed by atoms with Gasteiger partial charge in [-0.15, -0.1) is 0 Å². The van der Waals surface area contributed by atoms with Gasteiger partial charge in [-0.25, -0.2) is 8.42 Å². The fraction of sp³-hybridized carbons (Fsp3) is 0.381. The van der Waals surface area contributed by atoms with Gasteiger partial charge in [-0.2, -0.15) is 0 Å². The van der Waals surface area contributed by atoms with Gasteiger partial charge >= 0.3 is 0 Å². The van der Waals surface area contributed by atoms with Crippen LogP contribution in [0.2, 0.25) is 0 Å². The van der Waals surface area contributed by atoms with Crippen molar-refractivity contribution in [1.29, 1.82) is 0 Å². The minimum atomic E-state index is -3.81. The van der Waals surface area contributed by atoms with Gasteiger partial charge < -0.3 is 10.1 Å². The second-order valence-corrected chi connectivity index (χ2v) is 9.05. The number of amides is 1. The summed E-state index contributed by atoms with van der Waals surface area (Å²) < 4.78 is 34.1. The summed E-state index contributed by atoms with van der Waals surface area (Å²) in [6, 6.07) is 12.3. The molecule has 1 aliphatic carbocycles. The van der Waals surface area contributed by atoms with Crippen LogP contribution in [0.15, 0.2) is 47.4 Å². The predicted molar refractivity (Wildman–Crippen MR) is 107 cm³/mol. The second kappa shape index (κ2) is 7.47. The molecule has 2 aromatic carbocycles. The summed E-state index contributed by atoms with van der Waals surface area (Å²) in [5.74, 6) is 0.0978. The molecule has 2 aliphatic rings. The van der Waals surface area contributed by atoms with E-state index in [0.29, 0.717) is 18.0 Å². The van der Waals surface area contributed by atoms with Crippen LogP contribution in [0.4, 0.5) is 5.69 Å². The van der Waals surface area contributed by atoms with Crippen molar-refractivity contribution in [3.8, 4) is 5.75 Å². The first-order chi connectivity index (χ1) is 13.5. The molecule has 0 saturated heterocycles. The van der Waals surface area contributed by atoms with E-state index < -0.39 is 16.1 Å². The van der Waals surface area contributed by atoms with Crippen molar-refractivity contribution in [1.82, 2.24) is 5.32 Å². The number of aryl methyl sites for hydroxylation is 2. The first-order valence-corrected chi connectivity index (χ1v) is 11.1. The molecule has 0 bridgehead atoms. The highest BCUT2D eigenvalue weighted by molar-refractivity contribution is 7.92. The summed E-state index contributed by atoms with van der Waals surface area (Å²) in [6.45, 7) is 2.44. The van der Waals surface area contributed by atoms with E-state index in [1.807, 2.05) is 13.0 Å². The zero-order valence-corrected chi connectivity index (χ0v) is 16.7. The van der Waals surface area contributed by atoms with E-state index in [4.69, 9.17) is 4.74 Å². The largest absolute Gasteiger partial charge is 0.476 e. The number of sulfonamides is 1. The maximum atomic E-state index is 13.5. The van der Waals surface area contributed by atoms with E-state index in [2.05, 4.69) is 5.32 Å². The zero-order chi connectivity index (χ0) is 19.7. The number of nitrogens with one attached hydrogen (secondary N) is 1. The summed E-state index contributed by atoms with van der Waals surface area (Å²) in [5, 5.41) is 2.79. The third-order valence-electron chi connectivity index (χ3n) is 5.23. The van der Waals surface area contributed by atoms with Crippen LogP contribution >= 0.6 is 0 Å². The highest BCUT2D eigenvalue weighted by atomic mass is 32.2. The van der Waals surface area contributed by atoms with Gasteiger partial charge in [0.2, 0.25) is 0 Å². The van der Waals surface area contributed by atoms with Crippen LogP contribution in [0.1, 0.15) is 30.9 Å². The van der Waals surface area contributed by atoms with Crippen LogP contribution in [0, 0.1) is 0 Å². The van der Waals surface area contributed by atoms with Crippen LogP contribution in [-0.4, -0.2) is 33.5 Å². The zero-order valence-electron chi connectivity index (χ0n) is 15.8. The van der Waals surface area contributed by atoms with E-state index in [1.165, 1.54) is 9.87 Å². The molecule has 4 rings (SSSR count). The molecule has 28 heavy (non-hydrogen) atoms. The molecular weight excluding hydrogens is 376 g/mol. The Morgan fingerprint density at radius 2 is 1.96 bits per heavy atom. The van der Waals surface area contributed by atoms with Crippen LogP contribution in [-0.2, 0) is 27.7 Å². The molecule has 1 heterocycles. The summed E-state index contributed by atoms with van der Waals surface area (Å²) in [4.78, 5) is 12.7. The van der Waals surface area contributed by atoms with Crippen molar-refractivity contribution in [2.24, 2.45) is 0 Å². The average Bonchev–Trinajstić information content (AvgIpc) is 3.19. The molecule has 0 spiro atoms. The summed E-state index contributed by atoms with van der Waals surface area (Å²) in [5.41, 5.74) is 2.78. The molecule has 0 unspecified atom stereocenters. The Labute approximate surface area is 165 Å². The van der Waals surface area contributed by atoms with Gasteiger partial charge in [0, 0.05) is 6.54 Å². The van der Waals surface area contributed by atoms with Gasteiger partial charge in [-0.3, -0.25) is 9.10 Å². The van der Waals surface area contributed by atoms with E-state index in [1.54, 1.807) is 36.4 Å². The molecule has 7 heteroatoms. The van der Waals surface area contributed by atoms with E-state index in [0.717, 1.165) is 31.2 Å². The van der Waals surface area contributed by atoms with Gasteiger partial charge in [-0.1, -0.05) is 25.1 Å². The SMILES string of the molecule is CCCNC(=O)[C@@H]1CN(S(=O)(=O)c2ccc3c(c2)CCC3)c2ccccc2O1. The maximum Gasteiger partial charge on any atom is 0.264 e. The highest BCUT2D eigenvalue weighted by Crippen LogP contribution is 2.37. The number of benzene rings is 2. The van der Waals surface area contributed by atoms with E-state index in [9.17, 15) is 13.2 Å². The smallest absolute Gasteiger partial charge is 0.264 e. The van der Waals surface area contributed by atoms with Crippen LogP contribution in [0.25, 0.3) is 0 Å². The van der Waals surface area contributed by atoms with E-state index >= 15 is 0 Å². The van der Waals surface area contributed by atoms with Crippen LogP contribution < -0.4 is 14.4 Å². The fourth-order valence-corrected chi connectivity index (χ4v) is 5.29. The Morgan fingerprint density at radius 1 is 1.18 bits per heavy atom. The van der Waals surface area contributed by atoms with Crippen LogP contribution in [0.3, 0.4) is 0 Å². The Balaban J connectivity index is 1.71. The lowest BCUT2D eigenvalue weighted by Crippen LogP contribution is -2.50. The molecule has 1 atom stereocenters. The van der Waals surface area contributed by atoms with Crippen molar-refractivity contribution in [2.75, 3.05) is 17.4 Å². The molecule has 0 fully saturated rings. The standard InChI is InChI=1S/C21H24N2O4S/c1-2-12-22-21(24)20-14-23(18-8-3-4-9-19(18)27-20)28(25,26)17-11-10-15-6-5-7-16(15)13-17/h3-4,8-11,13,20H,2,5-7,12,14H2,1H3,(H,22,24)/t20-/m0/s1. The molecule has 1 aliphatic heterocycles. The van der Waals surface area contributed by atoms with Crippen molar-refractivity contribution >= 4 is 21.6 Å². The van der Waals surface area contributed by atoms with Gasteiger partial charge in [0.1, 0.15) is 5.75 Å². The Kier molecular flexibility index (Phi) is 5.02. The average molecular weight is 401 g/mol. The molecule has 0 radical (unpaired) electrons. The number of anilines is 1. The molecule has 0 aromatic heterocycles. The quantitative estimate of drug-likeness (QED) is 0.837. The molecule has 148 valence electrons. The minimum Gasteiger partial charge on any atom is -0.476 e.